The van der Waals surface area contributed by atoms with Crippen LogP contribution >= 0.6 is 0 Å². The van der Waals surface area contributed by atoms with Crippen molar-refractivity contribution in [2.75, 3.05) is 26.2 Å². The second kappa shape index (κ2) is 15.7. The number of halogens is 3. The molecule has 0 aromatic heterocycles. The zero-order chi connectivity index (χ0) is 29.8. The Morgan fingerprint density at radius 3 is 2.54 bits per heavy atom. The predicted octanol–water partition coefficient (Wildman–Crippen LogP) is 2.53. The van der Waals surface area contributed by atoms with Crippen LogP contribution < -0.4 is 36.0 Å². The summed E-state index contributed by atoms with van der Waals surface area (Å²) in [6.45, 7) is 9.56. The fourth-order valence-corrected chi connectivity index (χ4v) is 5.01. The minimum atomic E-state index is -4.74. The number of rotatable bonds is 12. The van der Waals surface area contributed by atoms with Crippen LogP contribution in [0, 0.1) is 12.5 Å². The Bertz CT molecular complexity index is 1390. The summed E-state index contributed by atoms with van der Waals surface area (Å²) in [5, 5.41) is 29.9. The maximum absolute atomic E-state index is 12.7. The Balaban J connectivity index is 1.57. The molecule has 1 aliphatic heterocycles. The second-order valence-electron chi connectivity index (χ2n) is 9.76. The van der Waals surface area contributed by atoms with Gasteiger partial charge < -0.3 is 25.0 Å². The lowest BCUT2D eigenvalue weighted by Gasteiger charge is -2.23. The van der Waals surface area contributed by atoms with E-state index < -0.39 is 12.6 Å². The largest absolute Gasteiger partial charge is 0.860 e. The summed E-state index contributed by atoms with van der Waals surface area (Å²) in [6.07, 6.45) is 7.32. The van der Waals surface area contributed by atoms with Crippen LogP contribution in [0.4, 0.5) is 13.2 Å². The van der Waals surface area contributed by atoms with E-state index in [0.29, 0.717) is 42.9 Å². The summed E-state index contributed by atoms with van der Waals surface area (Å²) in [5.74, 6) is -0.0556. The number of likely N-dealkylation sites (tertiary alicyclic amines) is 1. The van der Waals surface area contributed by atoms with Gasteiger partial charge >= 0.3 is 6.36 Å². The fourth-order valence-electron chi connectivity index (χ4n) is 5.01. The summed E-state index contributed by atoms with van der Waals surface area (Å²) in [4.78, 5) is 1.93. The van der Waals surface area contributed by atoms with Crippen molar-refractivity contribution in [1.82, 2.24) is 10.2 Å². The van der Waals surface area contributed by atoms with Gasteiger partial charge in [-0.3, -0.25) is 4.90 Å². The van der Waals surface area contributed by atoms with E-state index in [9.17, 15) is 23.4 Å². The predicted molar refractivity (Wildman–Crippen MR) is 153 cm³/mol. The lowest BCUT2D eigenvalue weighted by Crippen LogP contribution is -2.51. The van der Waals surface area contributed by atoms with Gasteiger partial charge in [0.2, 0.25) is 0 Å². The van der Waals surface area contributed by atoms with Crippen LogP contribution in [-0.2, 0) is 4.74 Å². The van der Waals surface area contributed by atoms with Crippen LogP contribution in [0.3, 0.4) is 0 Å². The minimum Gasteiger partial charge on any atom is -0.860 e. The van der Waals surface area contributed by atoms with Crippen molar-refractivity contribution in [3.8, 4) is 5.75 Å². The number of hydrogen-bond donors (Lipinski definition) is 2. The molecular weight excluding hydrogens is 533 g/mol. The molecule has 1 heterocycles. The van der Waals surface area contributed by atoms with E-state index in [1.165, 1.54) is 24.3 Å². The van der Waals surface area contributed by atoms with E-state index in [2.05, 4.69) is 28.3 Å². The number of alkyl halides is 3. The number of nitrogens with one attached hydrogen (secondary N) is 1. The van der Waals surface area contributed by atoms with Gasteiger partial charge in [-0.05, 0) is 83.5 Å². The van der Waals surface area contributed by atoms with Crippen molar-refractivity contribution >= 4 is 24.1 Å². The van der Waals surface area contributed by atoms with Crippen LogP contribution in [-0.4, -0.2) is 42.6 Å². The molecule has 0 amide bonds. The average Bonchev–Trinajstić information content (AvgIpc) is 3.42. The highest BCUT2D eigenvalue weighted by Gasteiger charge is 2.31. The Morgan fingerprint density at radius 2 is 1.88 bits per heavy atom. The van der Waals surface area contributed by atoms with Crippen LogP contribution in [0.5, 0.6) is 5.75 Å². The highest BCUT2D eigenvalue weighted by atomic mass is 19.4. The van der Waals surface area contributed by atoms with E-state index in [1.54, 1.807) is 13.5 Å². The van der Waals surface area contributed by atoms with Crippen LogP contribution in [0.25, 0.3) is 24.1 Å². The molecule has 2 aromatic rings. The Labute approximate surface area is 239 Å². The number of ether oxygens (including phenoxy) is 2. The lowest BCUT2D eigenvalue weighted by atomic mass is 10.0. The van der Waals surface area contributed by atoms with Crippen molar-refractivity contribution in [3.05, 3.63) is 81.6 Å². The summed E-state index contributed by atoms with van der Waals surface area (Å²) >= 11 is 0. The van der Waals surface area contributed by atoms with Gasteiger partial charge in [-0.1, -0.05) is 54.6 Å². The third-order valence-corrected chi connectivity index (χ3v) is 7.00. The van der Waals surface area contributed by atoms with E-state index in [1.807, 2.05) is 43.0 Å². The first-order valence-electron chi connectivity index (χ1n) is 13.9. The van der Waals surface area contributed by atoms with Crippen molar-refractivity contribution in [2.24, 2.45) is 5.92 Å². The highest BCUT2D eigenvalue weighted by molar-refractivity contribution is 5.41. The average molecular weight is 573 g/mol. The molecule has 1 saturated heterocycles. The van der Waals surface area contributed by atoms with Gasteiger partial charge in [-0.25, -0.2) is 6.61 Å². The van der Waals surface area contributed by atoms with Gasteiger partial charge in [0.25, 0.3) is 0 Å². The van der Waals surface area contributed by atoms with Crippen LogP contribution in [0.2, 0.25) is 0 Å². The number of hydrogen-bond acceptors (Lipinski definition) is 6. The molecule has 0 bridgehead atoms. The zero-order valence-corrected chi connectivity index (χ0v) is 23.8. The smallest absolute Gasteiger partial charge is 0.573 e. The minimum absolute atomic E-state index is 0.129. The first kappa shape index (κ1) is 32.2. The number of nitrogens with zero attached hydrogens (tertiary/aromatic N) is 1. The summed E-state index contributed by atoms with van der Waals surface area (Å²) in [5.41, 5.74) is 0.533. The molecule has 2 N–H and O–H groups in total. The molecular formula is C32H39F3N2O4-2. The standard InChI is InChI=1S/C32H40F3N2O4/c1-4-27-24(14-17-29(28(27)5-2)30(38)36-19-21-40-6-3)11-9-7-8-10-23-18-20-37(22-23)31(39)25-12-15-26(16-13-25)41-32(33,34)35/h4-8,11-17,23,31,36,38-39H,9-10,18-22H2,1-3H3/q-1/p-1/b8-7+,24-11+,27-4+,28-5?,30-29?. The number of aliphatic hydroxyl groups is 1. The lowest BCUT2D eigenvalue weighted by molar-refractivity contribution is -0.274. The molecule has 1 fully saturated rings. The molecule has 9 heteroatoms. The quantitative estimate of drug-likeness (QED) is 0.231. The molecule has 2 unspecified atom stereocenters. The molecule has 41 heavy (non-hydrogen) atoms. The molecule has 2 aromatic carbocycles. The second-order valence-corrected chi connectivity index (χ2v) is 9.76. The summed E-state index contributed by atoms with van der Waals surface area (Å²) in [6, 6.07) is 9.17. The van der Waals surface area contributed by atoms with E-state index >= 15 is 0 Å². The third kappa shape index (κ3) is 9.66. The normalized spacial score (nSPS) is 19.3. The number of benzene rings is 2. The summed E-state index contributed by atoms with van der Waals surface area (Å²) < 4.78 is 46.2. The molecule has 0 saturated carbocycles. The van der Waals surface area contributed by atoms with E-state index in [0.717, 1.165) is 34.9 Å². The maximum Gasteiger partial charge on any atom is 0.573 e. The van der Waals surface area contributed by atoms with Crippen molar-refractivity contribution < 1.29 is 32.9 Å². The van der Waals surface area contributed by atoms with Gasteiger partial charge in [-0.15, -0.1) is 13.2 Å². The number of aliphatic hydroxyl groups excluding tert-OH is 1. The van der Waals surface area contributed by atoms with Crippen molar-refractivity contribution in [1.29, 1.82) is 0 Å². The molecule has 0 aliphatic carbocycles. The van der Waals surface area contributed by atoms with Crippen LogP contribution in [0.1, 0.15) is 51.8 Å². The molecule has 1 aliphatic rings. The number of allylic oxidation sites excluding steroid dienone is 2. The molecule has 0 spiro atoms. The molecule has 3 rings (SSSR count). The zero-order valence-electron chi connectivity index (χ0n) is 23.8. The molecule has 2 atom stereocenters. The van der Waals surface area contributed by atoms with E-state index in [-0.39, 0.29) is 11.6 Å². The van der Waals surface area contributed by atoms with Gasteiger partial charge in [-0.2, -0.15) is 6.92 Å². The Kier molecular flexibility index (Phi) is 12.3. The molecule has 6 nitrogen and oxygen atoms in total. The van der Waals surface area contributed by atoms with Gasteiger partial charge in [0, 0.05) is 26.2 Å². The SMILES string of the molecule is CC=c1c(=C([O-])NCCO[CH-]C)ccc(=C\C/C=C/CC2CCN(C(O)c3ccc(OC(F)(F)F)cc3)C2)/c1=C\C. The van der Waals surface area contributed by atoms with Crippen molar-refractivity contribution in [3.63, 3.8) is 0 Å². The summed E-state index contributed by atoms with van der Waals surface area (Å²) in [7, 11) is 0. The molecule has 0 radical (unpaired) electrons. The Hall–Kier alpha value is -3.27. The topological polar surface area (TPSA) is 77.0 Å². The van der Waals surface area contributed by atoms with Gasteiger partial charge in [0.1, 0.15) is 12.0 Å². The Morgan fingerprint density at radius 1 is 1.15 bits per heavy atom. The first-order chi connectivity index (χ1) is 19.7. The monoisotopic (exact) mass is 572 g/mol. The van der Waals surface area contributed by atoms with Crippen molar-refractivity contribution in [2.45, 2.75) is 52.6 Å². The first-order valence-corrected chi connectivity index (χ1v) is 13.9. The van der Waals surface area contributed by atoms with E-state index in [4.69, 9.17) is 4.74 Å². The fraction of sp³-hybridized carbons (Fsp3) is 0.406. The molecule has 224 valence electrons. The third-order valence-electron chi connectivity index (χ3n) is 7.00. The highest BCUT2D eigenvalue weighted by Crippen LogP contribution is 2.29. The van der Waals surface area contributed by atoms with Crippen LogP contribution in [0.15, 0.2) is 48.6 Å². The van der Waals surface area contributed by atoms with Gasteiger partial charge in [0.15, 0.2) is 0 Å². The van der Waals surface area contributed by atoms with Gasteiger partial charge in [0.05, 0.1) is 0 Å². The maximum atomic E-state index is 12.7.